The SMILES string of the molecule is COc1ccccc1-c1cnccc1C(=O)Nc1nc2cc(C(F)(F)F)ccc2s1. The Morgan fingerprint density at radius 1 is 1.10 bits per heavy atom. The molecule has 0 aliphatic heterocycles. The van der Waals surface area contributed by atoms with Gasteiger partial charge in [-0.3, -0.25) is 15.1 Å². The molecule has 0 unspecified atom stereocenters. The van der Waals surface area contributed by atoms with Crippen molar-refractivity contribution >= 4 is 32.6 Å². The van der Waals surface area contributed by atoms with Gasteiger partial charge in [-0.2, -0.15) is 13.2 Å². The zero-order chi connectivity index (χ0) is 21.3. The largest absolute Gasteiger partial charge is 0.496 e. The Kier molecular flexibility index (Phi) is 5.13. The first kappa shape index (κ1) is 19.8. The second-order valence-corrected chi connectivity index (χ2v) is 7.31. The molecule has 0 aliphatic rings. The minimum atomic E-state index is -4.46. The molecule has 0 saturated heterocycles. The van der Waals surface area contributed by atoms with Crippen LogP contribution in [0.15, 0.2) is 60.9 Å². The van der Waals surface area contributed by atoms with Crippen molar-refractivity contribution in [3.63, 3.8) is 0 Å². The average Bonchev–Trinajstić information content (AvgIpc) is 3.14. The number of anilines is 1. The van der Waals surface area contributed by atoms with Gasteiger partial charge in [0.25, 0.3) is 5.91 Å². The first-order valence-corrected chi connectivity index (χ1v) is 9.55. The van der Waals surface area contributed by atoms with Crippen LogP contribution in [-0.2, 0) is 6.18 Å². The minimum Gasteiger partial charge on any atom is -0.496 e. The molecule has 4 rings (SSSR count). The lowest BCUT2D eigenvalue weighted by Crippen LogP contribution is -2.13. The number of nitrogens with one attached hydrogen (secondary N) is 1. The number of ether oxygens (including phenoxy) is 1. The van der Waals surface area contributed by atoms with Crippen LogP contribution < -0.4 is 10.1 Å². The van der Waals surface area contributed by atoms with Crippen molar-refractivity contribution in [3.8, 4) is 16.9 Å². The van der Waals surface area contributed by atoms with Gasteiger partial charge in [0.05, 0.1) is 28.5 Å². The summed E-state index contributed by atoms with van der Waals surface area (Å²) in [6.07, 6.45) is -1.41. The molecule has 0 atom stereocenters. The second kappa shape index (κ2) is 7.75. The predicted molar refractivity (Wildman–Crippen MR) is 109 cm³/mol. The number of pyridine rings is 1. The molecule has 0 spiro atoms. The molecule has 4 aromatic rings. The van der Waals surface area contributed by atoms with Crippen LogP contribution in [0.1, 0.15) is 15.9 Å². The van der Waals surface area contributed by atoms with Crippen LogP contribution in [0.2, 0.25) is 0 Å². The van der Waals surface area contributed by atoms with Crippen LogP contribution in [-0.4, -0.2) is 23.0 Å². The Bertz CT molecular complexity index is 1240. The van der Waals surface area contributed by atoms with Crippen molar-refractivity contribution < 1.29 is 22.7 Å². The summed E-state index contributed by atoms with van der Waals surface area (Å²) < 4.78 is 44.6. The number of halogens is 3. The predicted octanol–water partition coefficient (Wildman–Crippen LogP) is 5.64. The summed E-state index contributed by atoms with van der Waals surface area (Å²) in [5.74, 6) is 0.132. The fourth-order valence-corrected chi connectivity index (χ4v) is 3.84. The van der Waals surface area contributed by atoms with Gasteiger partial charge in [0.15, 0.2) is 5.13 Å². The summed E-state index contributed by atoms with van der Waals surface area (Å²) >= 11 is 1.10. The summed E-state index contributed by atoms with van der Waals surface area (Å²) in [6.45, 7) is 0. The number of para-hydroxylation sites is 1. The van der Waals surface area contributed by atoms with Crippen LogP contribution in [0.3, 0.4) is 0 Å². The molecule has 0 saturated carbocycles. The summed E-state index contributed by atoms with van der Waals surface area (Å²) in [7, 11) is 1.53. The molecule has 0 fully saturated rings. The lowest BCUT2D eigenvalue weighted by molar-refractivity contribution is -0.137. The van der Waals surface area contributed by atoms with Crippen molar-refractivity contribution in [1.82, 2.24) is 9.97 Å². The molecule has 1 amide bonds. The number of nitrogens with zero attached hydrogens (tertiary/aromatic N) is 2. The third-order valence-corrected chi connectivity index (χ3v) is 5.35. The number of thiazole rings is 1. The van der Waals surface area contributed by atoms with E-state index in [1.165, 1.54) is 19.4 Å². The minimum absolute atomic E-state index is 0.171. The maximum absolute atomic E-state index is 12.9. The Morgan fingerprint density at radius 2 is 1.90 bits per heavy atom. The molecule has 9 heteroatoms. The van der Waals surface area contributed by atoms with Crippen LogP contribution in [0.4, 0.5) is 18.3 Å². The van der Waals surface area contributed by atoms with Gasteiger partial charge in [0.2, 0.25) is 0 Å². The van der Waals surface area contributed by atoms with E-state index in [9.17, 15) is 18.0 Å². The van der Waals surface area contributed by atoms with E-state index < -0.39 is 17.6 Å². The first-order valence-electron chi connectivity index (χ1n) is 8.73. The van der Waals surface area contributed by atoms with Gasteiger partial charge in [0.1, 0.15) is 5.75 Å². The Labute approximate surface area is 173 Å². The maximum atomic E-state index is 12.9. The lowest BCUT2D eigenvalue weighted by atomic mass is 10.0. The van der Waals surface area contributed by atoms with Gasteiger partial charge in [-0.15, -0.1) is 0 Å². The fourth-order valence-electron chi connectivity index (χ4n) is 3.00. The number of fused-ring (bicyclic) bond motifs is 1. The quantitative estimate of drug-likeness (QED) is 0.456. The number of amides is 1. The molecular formula is C21H14F3N3O2S. The highest BCUT2D eigenvalue weighted by Crippen LogP contribution is 2.35. The van der Waals surface area contributed by atoms with E-state index in [2.05, 4.69) is 15.3 Å². The van der Waals surface area contributed by atoms with E-state index in [-0.39, 0.29) is 10.6 Å². The number of carbonyl (C=O) groups excluding carboxylic acids is 1. The van der Waals surface area contributed by atoms with Gasteiger partial charge in [-0.05, 0) is 30.3 Å². The summed E-state index contributed by atoms with van der Waals surface area (Å²) in [4.78, 5) is 21.2. The molecular weight excluding hydrogens is 415 g/mol. The maximum Gasteiger partial charge on any atom is 0.416 e. The topological polar surface area (TPSA) is 64.1 Å². The molecule has 0 bridgehead atoms. The Balaban J connectivity index is 1.67. The van der Waals surface area contributed by atoms with Gasteiger partial charge < -0.3 is 4.74 Å². The second-order valence-electron chi connectivity index (χ2n) is 6.27. The number of carbonyl (C=O) groups is 1. The summed E-state index contributed by atoms with van der Waals surface area (Å²) in [6, 6.07) is 12.1. The first-order chi connectivity index (χ1) is 14.4. The number of rotatable bonds is 4. The smallest absolute Gasteiger partial charge is 0.416 e. The zero-order valence-electron chi connectivity index (χ0n) is 15.5. The summed E-state index contributed by atoms with van der Waals surface area (Å²) in [5, 5.41) is 2.88. The molecule has 152 valence electrons. The average molecular weight is 429 g/mol. The Morgan fingerprint density at radius 3 is 2.67 bits per heavy atom. The highest BCUT2D eigenvalue weighted by atomic mass is 32.1. The molecule has 2 heterocycles. The third kappa shape index (κ3) is 3.84. The highest BCUT2D eigenvalue weighted by Gasteiger charge is 2.30. The Hall–Kier alpha value is -3.46. The van der Waals surface area contributed by atoms with Crippen molar-refractivity contribution in [2.45, 2.75) is 6.18 Å². The normalized spacial score (nSPS) is 11.5. The van der Waals surface area contributed by atoms with Crippen LogP contribution in [0.25, 0.3) is 21.3 Å². The van der Waals surface area contributed by atoms with Gasteiger partial charge in [-0.1, -0.05) is 29.5 Å². The van der Waals surface area contributed by atoms with Crippen molar-refractivity contribution in [2.24, 2.45) is 0 Å². The van der Waals surface area contributed by atoms with Gasteiger partial charge >= 0.3 is 6.18 Å². The van der Waals surface area contributed by atoms with E-state index in [1.54, 1.807) is 18.3 Å². The molecule has 0 radical (unpaired) electrons. The van der Waals surface area contributed by atoms with E-state index in [4.69, 9.17) is 4.74 Å². The number of aromatic nitrogens is 2. The van der Waals surface area contributed by atoms with Gasteiger partial charge in [-0.25, -0.2) is 4.98 Å². The molecule has 30 heavy (non-hydrogen) atoms. The molecule has 0 aliphatic carbocycles. The molecule has 1 N–H and O–H groups in total. The van der Waals surface area contributed by atoms with E-state index in [0.29, 0.717) is 27.1 Å². The van der Waals surface area contributed by atoms with Gasteiger partial charge in [0, 0.05) is 23.5 Å². The third-order valence-electron chi connectivity index (χ3n) is 4.40. The van der Waals surface area contributed by atoms with Crippen molar-refractivity contribution in [2.75, 3.05) is 12.4 Å². The summed E-state index contributed by atoms with van der Waals surface area (Å²) in [5.41, 5.74) is 0.977. The highest BCUT2D eigenvalue weighted by molar-refractivity contribution is 7.22. The number of hydrogen-bond acceptors (Lipinski definition) is 5. The van der Waals surface area contributed by atoms with Crippen LogP contribution in [0.5, 0.6) is 5.75 Å². The van der Waals surface area contributed by atoms with Crippen molar-refractivity contribution in [1.29, 1.82) is 0 Å². The lowest BCUT2D eigenvalue weighted by Gasteiger charge is -2.12. The van der Waals surface area contributed by atoms with Crippen molar-refractivity contribution in [3.05, 3.63) is 72.1 Å². The standard InChI is InChI=1S/C21H14F3N3O2S/c1-29-17-5-3-2-4-13(17)15-11-25-9-8-14(15)19(28)27-20-26-16-10-12(21(22,23)24)6-7-18(16)30-20/h2-11H,1H3,(H,26,27,28). The van der Waals surface area contributed by atoms with Crippen LogP contribution in [0, 0.1) is 0 Å². The number of methoxy groups -OCH3 is 1. The number of alkyl halides is 3. The fraction of sp³-hybridized carbons (Fsp3) is 0.0952. The number of benzene rings is 2. The van der Waals surface area contributed by atoms with Crippen LogP contribution >= 0.6 is 11.3 Å². The number of hydrogen-bond donors (Lipinski definition) is 1. The van der Waals surface area contributed by atoms with E-state index in [0.717, 1.165) is 23.5 Å². The monoisotopic (exact) mass is 429 g/mol. The molecule has 2 aromatic heterocycles. The zero-order valence-corrected chi connectivity index (χ0v) is 16.3. The van der Waals surface area contributed by atoms with E-state index in [1.807, 2.05) is 18.2 Å². The van der Waals surface area contributed by atoms with E-state index >= 15 is 0 Å². The molecule has 2 aromatic carbocycles. The molecule has 5 nitrogen and oxygen atoms in total.